The van der Waals surface area contributed by atoms with E-state index in [0.717, 1.165) is 0 Å². The second-order valence-corrected chi connectivity index (χ2v) is 0.612. The quantitative estimate of drug-likeness (QED) is 0.237. The van der Waals surface area contributed by atoms with Crippen LogP contribution in [0.5, 0.6) is 0 Å². The molecule has 0 aliphatic heterocycles. The van der Waals surface area contributed by atoms with E-state index in [0.29, 0.717) is 0 Å². The Morgan fingerprint density at radius 2 is 1.20 bits per heavy atom. The van der Waals surface area contributed by atoms with Gasteiger partial charge in [0.25, 0.3) is 0 Å². The Kier molecular flexibility index (Phi) is 9.15. The van der Waals surface area contributed by atoms with Crippen molar-refractivity contribution in [2.45, 2.75) is 0 Å². The molecule has 0 aromatic rings. The molecule has 0 rings (SSSR count). The molecule has 0 atom stereocenters. The van der Waals surface area contributed by atoms with Gasteiger partial charge in [-0.15, -0.1) is 0 Å². The van der Waals surface area contributed by atoms with E-state index >= 15 is 0 Å². The van der Waals surface area contributed by atoms with Crippen molar-refractivity contribution in [1.29, 1.82) is 0 Å². The molecule has 0 bridgehead atoms. The molecule has 0 spiro atoms. The summed E-state index contributed by atoms with van der Waals surface area (Å²) in [5, 5.41) is 0. The molecule has 1 radical (unpaired) electrons. The Bertz CT molecular complexity index is 55.3. The van der Waals surface area contributed by atoms with E-state index in [-0.39, 0.29) is 29.6 Å². The summed E-state index contributed by atoms with van der Waals surface area (Å²) in [6.45, 7) is 0. The smallest absolute Gasteiger partial charge is 0.394 e. The molecular weight excluding hydrogens is 103 g/mol. The van der Waals surface area contributed by atoms with Crippen LogP contribution in [-0.4, -0.2) is 0 Å². The minimum atomic E-state index is -3.11. The van der Waals surface area contributed by atoms with Crippen LogP contribution in [0.3, 0.4) is 0 Å². The summed E-state index contributed by atoms with van der Waals surface area (Å²) in [4.78, 5) is 0. The van der Waals surface area contributed by atoms with E-state index in [4.69, 9.17) is 13.0 Å². The molecule has 25 valence electrons. The van der Waals surface area contributed by atoms with Crippen LogP contribution in [-0.2, 0) is 24.0 Å². The molecule has 0 aliphatic carbocycles. The van der Waals surface area contributed by atoms with Crippen LogP contribution in [0.1, 0.15) is 0 Å². The molecule has 5 heavy (non-hydrogen) atoms. The van der Waals surface area contributed by atoms with Crippen molar-refractivity contribution in [3.8, 4) is 0 Å². The first kappa shape index (κ1) is 9.32. The summed E-state index contributed by atoms with van der Waals surface area (Å²) >= 11 is 0. The fourth-order valence-electron chi connectivity index (χ4n) is 0. The zero-order valence-corrected chi connectivity index (χ0v) is 5.45. The van der Waals surface area contributed by atoms with Gasteiger partial charge in [-0.05, 0) is 0 Å². The Morgan fingerprint density at radius 3 is 1.20 bits per heavy atom. The SMILES string of the molecule is [Na+].[O][S-](=O)=O. The normalized spacial score (nSPS) is 6.80. The fraction of sp³-hybridized carbons (Fsp3) is 0. The fourth-order valence-corrected chi connectivity index (χ4v) is 0. The van der Waals surface area contributed by atoms with Crippen molar-refractivity contribution < 1.29 is 42.5 Å². The van der Waals surface area contributed by atoms with E-state index in [1.165, 1.54) is 0 Å². The molecule has 0 aromatic carbocycles. The second kappa shape index (κ2) is 4.91. The maximum atomic E-state index is 8.44. The predicted octanol–water partition coefficient (Wildman–Crippen LogP) is -3.35. The first-order chi connectivity index (χ1) is 1.73. The van der Waals surface area contributed by atoms with Gasteiger partial charge in [0.15, 0.2) is 0 Å². The van der Waals surface area contributed by atoms with E-state index in [1.807, 2.05) is 0 Å². The molecule has 0 aromatic heterocycles. The van der Waals surface area contributed by atoms with Crippen molar-refractivity contribution in [1.82, 2.24) is 0 Å². The Balaban J connectivity index is 0. The topological polar surface area (TPSA) is 54.0 Å². The number of hydrogen-bond donors (Lipinski definition) is 0. The van der Waals surface area contributed by atoms with E-state index < -0.39 is 11.0 Å². The summed E-state index contributed by atoms with van der Waals surface area (Å²) in [5.41, 5.74) is 0. The van der Waals surface area contributed by atoms with Gasteiger partial charge < -0.3 is 8.42 Å². The van der Waals surface area contributed by atoms with Gasteiger partial charge in [0, 0.05) is 0 Å². The van der Waals surface area contributed by atoms with Gasteiger partial charge in [-0.25, -0.2) is 0 Å². The Morgan fingerprint density at radius 1 is 1.20 bits per heavy atom. The average molecular weight is 103 g/mol. The summed E-state index contributed by atoms with van der Waals surface area (Å²) in [6, 6.07) is 0. The zero-order chi connectivity index (χ0) is 3.58. The third kappa shape index (κ3) is 50.2. The molecule has 0 aliphatic rings. The molecule has 0 saturated carbocycles. The molecule has 0 N–H and O–H groups in total. The molecule has 3 nitrogen and oxygen atoms in total. The predicted molar refractivity (Wildman–Crippen MR) is 9.42 cm³/mol. The van der Waals surface area contributed by atoms with Gasteiger partial charge in [-0.1, -0.05) is 0 Å². The number of hydrogen-bond acceptors (Lipinski definition) is 3. The second-order valence-electron chi connectivity index (χ2n) is 0.204. The van der Waals surface area contributed by atoms with Crippen molar-refractivity contribution in [3.05, 3.63) is 0 Å². The van der Waals surface area contributed by atoms with Crippen LogP contribution in [0.4, 0.5) is 0 Å². The largest absolute Gasteiger partial charge is 1.00 e. The van der Waals surface area contributed by atoms with E-state index in [2.05, 4.69) is 0 Å². The van der Waals surface area contributed by atoms with Crippen LogP contribution >= 0.6 is 0 Å². The van der Waals surface area contributed by atoms with Crippen LogP contribution in [0, 0.1) is 0 Å². The minimum Gasteiger partial charge on any atom is -0.394 e. The molecule has 0 fully saturated rings. The van der Waals surface area contributed by atoms with Crippen LogP contribution in [0.2, 0.25) is 0 Å². The maximum Gasteiger partial charge on any atom is 1.00 e. The van der Waals surface area contributed by atoms with Crippen LogP contribution in [0.25, 0.3) is 0 Å². The Hall–Kier alpha value is 0.910. The van der Waals surface area contributed by atoms with Gasteiger partial charge in [0.05, 0.1) is 11.0 Å². The summed E-state index contributed by atoms with van der Waals surface area (Å²) < 4.78 is 25.3. The van der Waals surface area contributed by atoms with Gasteiger partial charge in [-0.2, -0.15) is 0 Å². The molecule has 0 unspecified atom stereocenters. The first-order valence-corrected chi connectivity index (χ1v) is 1.50. The van der Waals surface area contributed by atoms with E-state index in [9.17, 15) is 0 Å². The van der Waals surface area contributed by atoms with Crippen molar-refractivity contribution in [2.24, 2.45) is 0 Å². The van der Waals surface area contributed by atoms with Gasteiger partial charge in [0.2, 0.25) is 0 Å². The standard InChI is InChI=1S/Na.O3S/c;1-4(2)3/q+1;-1. The van der Waals surface area contributed by atoms with Crippen LogP contribution in [0.15, 0.2) is 0 Å². The third-order valence-electron chi connectivity index (χ3n) is 0. The summed E-state index contributed by atoms with van der Waals surface area (Å²) in [6.07, 6.45) is 0. The van der Waals surface area contributed by atoms with Crippen molar-refractivity contribution >= 4 is 11.0 Å². The first-order valence-electron chi connectivity index (χ1n) is 0.500. The molecule has 5 heteroatoms. The molecular formula is NaO3S. The minimum absolute atomic E-state index is 0. The molecule has 0 heterocycles. The number of rotatable bonds is 0. The maximum absolute atomic E-state index is 8.44. The zero-order valence-electron chi connectivity index (χ0n) is 2.63. The van der Waals surface area contributed by atoms with Gasteiger partial charge >= 0.3 is 29.6 Å². The molecule has 0 saturated heterocycles. The Labute approximate surface area is 53.4 Å². The molecule has 0 amide bonds. The van der Waals surface area contributed by atoms with Crippen molar-refractivity contribution in [3.63, 3.8) is 0 Å². The van der Waals surface area contributed by atoms with Crippen molar-refractivity contribution in [2.75, 3.05) is 0 Å². The summed E-state index contributed by atoms with van der Waals surface area (Å²) in [7, 11) is -3.11. The van der Waals surface area contributed by atoms with E-state index in [1.54, 1.807) is 0 Å². The van der Waals surface area contributed by atoms with Crippen LogP contribution < -0.4 is 29.6 Å². The third-order valence-corrected chi connectivity index (χ3v) is 0. The van der Waals surface area contributed by atoms with Gasteiger partial charge in [0.1, 0.15) is 0 Å². The average Bonchev–Trinajstić information content (AvgIpc) is 0.811. The van der Waals surface area contributed by atoms with Gasteiger partial charge in [-0.3, -0.25) is 4.55 Å². The monoisotopic (exact) mass is 103 g/mol. The summed E-state index contributed by atoms with van der Waals surface area (Å²) in [5.74, 6) is 0.